The van der Waals surface area contributed by atoms with Gasteiger partial charge in [-0.1, -0.05) is 12.1 Å². The Morgan fingerprint density at radius 1 is 1.33 bits per heavy atom. The molecule has 126 valence electrons. The molecule has 0 aliphatic carbocycles. The molecule has 0 spiro atoms. The lowest BCUT2D eigenvalue weighted by molar-refractivity contribution is 0.0951. The summed E-state index contributed by atoms with van der Waals surface area (Å²) in [4.78, 5) is 16.8. The maximum atomic E-state index is 12.5. The lowest BCUT2D eigenvalue weighted by Gasteiger charge is -2.15. The van der Waals surface area contributed by atoms with Gasteiger partial charge in [0.25, 0.3) is 5.91 Å². The van der Waals surface area contributed by atoms with Gasteiger partial charge in [-0.2, -0.15) is 0 Å². The summed E-state index contributed by atoms with van der Waals surface area (Å²) < 4.78 is 5.33. The van der Waals surface area contributed by atoms with E-state index in [-0.39, 0.29) is 5.91 Å². The summed E-state index contributed by atoms with van der Waals surface area (Å²) in [6.45, 7) is 1.65. The van der Waals surface area contributed by atoms with E-state index in [0.29, 0.717) is 29.7 Å². The van der Waals surface area contributed by atoms with Crippen LogP contribution in [0.4, 0.5) is 11.5 Å². The van der Waals surface area contributed by atoms with Crippen LogP contribution in [0.2, 0.25) is 0 Å². The van der Waals surface area contributed by atoms with Gasteiger partial charge in [0, 0.05) is 18.8 Å². The highest BCUT2D eigenvalue weighted by atomic mass is 16.5. The van der Waals surface area contributed by atoms with E-state index in [0.717, 1.165) is 25.1 Å². The highest BCUT2D eigenvalue weighted by Crippen LogP contribution is 2.27. The van der Waals surface area contributed by atoms with Gasteiger partial charge in [0.1, 0.15) is 11.6 Å². The molecule has 6 heteroatoms. The zero-order valence-corrected chi connectivity index (χ0v) is 13.7. The van der Waals surface area contributed by atoms with Crippen LogP contribution in [0, 0.1) is 0 Å². The van der Waals surface area contributed by atoms with Crippen molar-refractivity contribution in [3.8, 4) is 5.75 Å². The summed E-state index contributed by atoms with van der Waals surface area (Å²) in [5.74, 6) is 1.08. The van der Waals surface area contributed by atoms with Crippen LogP contribution in [0.25, 0.3) is 0 Å². The fourth-order valence-corrected chi connectivity index (χ4v) is 2.81. The third-order valence-electron chi connectivity index (χ3n) is 4.08. The third-order valence-corrected chi connectivity index (χ3v) is 4.08. The highest BCUT2D eigenvalue weighted by Gasteiger charge is 2.17. The molecule has 6 nitrogen and oxygen atoms in total. The number of carbonyl (C=O) groups excluding carboxylic acids is 1. The summed E-state index contributed by atoms with van der Waals surface area (Å²) in [7, 11) is 1.61. The molecule has 2 aromatic rings. The maximum Gasteiger partial charge on any atom is 0.255 e. The SMILES string of the molecule is COc1ccccc1Nc1ncccc1C(=O)NCC1CCCN1. The number of nitrogens with zero attached hydrogens (tertiary/aromatic N) is 1. The number of hydrogen-bond acceptors (Lipinski definition) is 5. The van der Waals surface area contributed by atoms with Crippen molar-refractivity contribution in [1.82, 2.24) is 15.6 Å². The van der Waals surface area contributed by atoms with E-state index < -0.39 is 0 Å². The number of hydrogen-bond donors (Lipinski definition) is 3. The van der Waals surface area contributed by atoms with Gasteiger partial charge >= 0.3 is 0 Å². The molecule has 1 fully saturated rings. The minimum absolute atomic E-state index is 0.130. The van der Waals surface area contributed by atoms with Gasteiger partial charge in [-0.15, -0.1) is 0 Å². The van der Waals surface area contributed by atoms with E-state index in [4.69, 9.17) is 4.74 Å². The molecule has 1 aromatic carbocycles. The van der Waals surface area contributed by atoms with Crippen molar-refractivity contribution in [2.24, 2.45) is 0 Å². The Morgan fingerprint density at radius 2 is 2.21 bits per heavy atom. The predicted molar refractivity (Wildman–Crippen MR) is 93.9 cm³/mol. The van der Waals surface area contributed by atoms with Gasteiger partial charge in [0.2, 0.25) is 0 Å². The highest BCUT2D eigenvalue weighted by molar-refractivity contribution is 5.99. The fourth-order valence-electron chi connectivity index (χ4n) is 2.81. The Kier molecular flexibility index (Phi) is 5.28. The lowest BCUT2D eigenvalue weighted by Crippen LogP contribution is -2.37. The van der Waals surface area contributed by atoms with Crippen molar-refractivity contribution < 1.29 is 9.53 Å². The number of pyridine rings is 1. The normalized spacial score (nSPS) is 16.6. The van der Waals surface area contributed by atoms with E-state index in [9.17, 15) is 4.79 Å². The second-order valence-corrected chi connectivity index (χ2v) is 5.73. The van der Waals surface area contributed by atoms with Crippen LogP contribution in [0.5, 0.6) is 5.75 Å². The lowest BCUT2D eigenvalue weighted by atomic mass is 10.2. The number of rotatable bonds is 6. The van der Waals surface area contributed by atoms with Gasteiger partial charge in [0.05, 0.1) is 18.4 Å². The van der Waals surface area contributed by atoms with E-state index in [1.165, 1.54) is 0 Å². The number of anilines is 2. The molecule has 0 saturated carbocycles. The number of benzene rings is 1. The molecular weight excluding hydrogens is 304 g/mol. The first kappa shape index (κ1) is 16.3. The number of methoxy groups -OCH3 is 1. The van der Waals surface area contributed by atoms with Crippen LogP contribution in [-0.4, -0.2) is 37.1 Å². The van der Waals surface area contributed by atoms with Crippen molar-refractivity contribution in [2.45, 2.75) is 18.9 Å². The zero-order chi connectivity index (χ0) is 16.8. The Morgan fingerprint density at radius 3 is 3.00 bits per heavy atom. The summed E-state index contributed by atoms with van der Waals surface area (Å²) in [6, 6.07) is 11.4. The van der Waals surface area contributed by atoms with Gasteiger partial charge < -0.3 is 20.7 Å². The molecule has 1 unspecified atom stereocenters. The summed E-state index contributed by atoms with van der Waals surface area (Å²) in [5.41, 5.74) is 1.28. The van der Waals surface area contributed by atoms with Crippen LogP contribution < -0.4 is 20.7 Å². The number of carbonyl (C=O) groups is 1. The standard InChI is InChI=1S/C18H22N4O2/c1-24-16-9-3-2-8-15(16)22-17-14(7-5-11-20-17)18(23)21-12-13-6-4-10-19-13/h2-3,5,7-9,11,13,19H,4,6,10,12H2,1H3,(H,20,22)(H,21,23). The minimum atomic E-state index is -0.130. The first-order valence-corrected chi connectivity index (χ1v) is 8.14. The fraction of sp³-hybridized carbons (Fsp3) is 0.333. The molecule has 3 rings (SSSR count). The Labute approximate surface area is 141 Å². The number of nitrogens with one attached hydrogen (secondary N) is 3. The van der Waals surface area contributed by atoms with Crippen LogP contribution in [0.15, 0.2) is 42.6 Å². The number of aromatic nitrogens is 1. The van der Waals surface area contributed by atoms with Crippen molar-refractivity contribution in [3.05, 3.63) is 48.2 Å². The van der Waals surface area contributed by atoms with Gasteiger partial charge in [0.15, 0.2) is 0 Å². The average Bonchev–Trinajstić information content (AvgIpc) is 3.14. The van der Waals surface area contributed by atoms with Crippen LogP contribution in [0.3, 0.4) is 0 Å². The second kappa shape index (κ2) is 7.79. The first-order valence-electron chi connectivity index (χ1n) is 8.14. The van der Waals surface area contributed by atoms with E-state index in [1.54, 1.807) is 25.4 Å². The Balaban J connectivity index is 1.73. The van der Waals surface area contributed by atoms with E-state index in [2.05, 4.69) is 20.9 Å². The molecule has 24 heavy (non-hydrogen) atoms. The average molecular weight is 326 g/mol. The predicted octanol–water partition coefficient (Wildman–Crippen LogP) is 2.32. The summed E-state index contributed by atoms with van der Waals surface area (Å²) >= 11 is 0. The molecular formula is C18H22N4O2. The third kappa shape index (κ3) is 3.83. The number of para-hydroxylation sites is 2. The maximum absolute atomic E-state index is 12.5. The summed E-state index contributed by atoms with van der Waals surface area (Å²) in [6.07, 6.45) is 3.92. The first-order chi connectivity index (χ1) is 11.8. The van der Waals surface area contributed by atoms with Gasteiger partial charge in [-0.25, -0.2) is 4.98 Å². The number of ether oxygens (including phenoxy) is 1. The van der Waals surface area contributed by atoms with Gasteiger partial charge in [-0.05, 0) is 43.7 Å². The summed E-state index contributed by atoms with van der Waals surface area (Å²) in [5, 5.41) is 9.54. The van der Waals surface area contributed by atoms with E-state index >= 15 is 0 Å². The number of amides is 1. The molecule has 0 bridgehead atoms. The quantitative estimate of drug-likeness (QED) is 0.759. The monoisotopic (exact) mass is 326 g/mol. The van der Waals surface area contributed by atoms with Gasteiger partial charge in [-0.3, -0.25) is 4.79 Å². The molecule has 1 amide bonds. The van der Waals surface area contributed by atoms with E-state index in [1.807, 2.05) is 24.3 Å². The van der Waals surface area contributed by atoms with Crippen LogP contribution in [0.1, 0.15) is 23.2 Å². The van der Waals surface area contributed by atoms with Crippen molar-refractivity contribution >= 4 is 17.4 Å². The largest absolute Gasteiger partial charge is 0.495 e. The molecule has 2 heterocycles. The Hall–Kier alpha value is -2.60. The molecule has 1 aliphatic rings. The smallest absolute Gasteiger partial charge is 0.255 e. The van der Waals surface area contributed by atoms with Crippen LogP contribution in [-0.2, 0) is 0 Å². The molecule has 1 aliphatic heterocycles. The molecule has 0 radical (unpaired) electrons. The topological polar surface area (TPSA) is 75.3 Å². The molecule has 1 saturated heterocycles. The Bertz CT molecular complexity index is 699. The molecule has 1 atom stereocenters. The zero-order valence-electron chi connectivity index (χ0n) is 13.7. The molecule has 3 N–H and O–H groups in total. The second-order valence-electron chi connectivity index (χ2n) is 5.73. The van der Waals surface area contributed by atoms with Crippen molar-refractivity contribution in [2.75, 3.05) is 25.5 Å². The molecule has 1 aromatic heterocycles. The minimum Gasteiger partial charge on any atom is -0.495 e. The van der Waals surface area contributed by atoms with Crippen molar-refractivity contribution in [1.29, 1.82) is 0 Å². The van der Waals surface area contributed by atoms with Crippen LogP contribution >= 0.6 is 0 Å². The van der Waals surface area contributed by atoms with Crippen molar-refractivity contribution in [3.63, 3.8) is 0 Å².